The normalized spacial score (nSPS) is 10.7. The van der Waals surface area contributed by atoms with E-state index in [2.05, 4.69) is 15.3 Å². The molecule has 1 heterocycles. The second-order valence-corrected chi connectivity index (χ2v) is 7.29. The molecule has 0 aliphatic rings. The highest BCUT2D eigenvalue weighted by atomic mass is 35.5. The van der Waals surface area contributed by atoms with Crippen molar-refractivity contribution in [1.82, 2.24) is 9.97 Å². The molecule has 32 heavy (non-hydrogen) atoms. The highest BCUT2D eigenvalue weighted by molar-refractivity contribution is 6.32. The number of aromatic amines is 1. The van der Waals surface area contributed by atoms with Crippen molar-refractivity contribution in [1.29, 1.82) is 0 Å². The third kappa shape index (κ3) is 4.50. The summed E-state index contributed by atoms with van der Waals surface area (Å²) >= 11 is 6.22. The molecule has 3 aromatic carbocycles. The first-order chi connectivity index (χ1) is 15.4. The van der Waals surface area contributed by atoms with Crippen molar-refractivity contribution in [2.45, 2.75) is 0 Å². The van der Waals surface area contributed by atoms with E-state index in [1.165, 1.54) is 19.2 Å². The number of fused-ring (bicyclic) bond motifs is 1. The SMILES string of the molecule is COc1cc(C(=O)Nc2ccc(-c3nc4ccccc4[nH]3)cc2)cc(Cl)c1OCC(N)=O. The summed E-state index contributed by atoms with van der Waals surface area (Å²) in [6.45, 7) is -0.362. The lowest BCUT2D eigenvalue weighted by Crippen LogP contribution is -2.20. The van der Waals surface area contributed by atoms with E-state index in [0.717, 1.165) is 22.4 Å². The second kappa shape index (κ2) is 8.99. The van der Waals surface area contributed by atoms with Crippen LogP contribution in [0.1, 0.15) is 10.4 Å². The highest BCUT2D eigenvalue weighted by Crippen LogP contribution is 2.36. The number of hydrogen-bond donors (Lipinski definition) is 3. The van der Waals surface area contributed by atoms with Gasteiger partial charge in [-0.3, -0.25) is 9.59 Å². The Hall–Kier alpha value is -4.04. The Morgan fingerprint density at radius 2 is 1.88 bits per heavy atom. The molecule has 4 aromatic rings. The summed E-state index contributed by atoms with van der Waals surface area (Å²) in [6.07, 6.45) is 0. The third-order valence-corrected chi connectivity index (χ3v) is 4.94. The van der Waals surface area contributed by atoms with Gasteiger partial charge in [-0.05, 0) is 48.5 Å². The van der Waals surface area contributed by atoms with E-state index in [0.29, 0.717) is 5.69 Å². The lowest BCUT2D eigenvalue weighted by molar-refractivity contribution is -0.119. The molecule has 0 bridgehead atoms. The van der Waals surface area contributed by atoms with Gasteiger partial charge in [0.1, 0.15) is 5.82 Å². The Kier molecular flexibility index (Phi) is 5.96. The van der Waals surface area contributed by atoms with Crippen molar-refractivity contribution >= 4 is 40.1 Å². The zero-order chi connectivity index (χ0) is 22.7. The van der Waals surface area contributed by atoms with E-state index in [9.17, 15) is 9.59 Å². The van der Waals surface area contributed by atoms with Gasteiger partial charge in [0.05, 0.1) is 23.2 Å². The van der Waals surface area contributed by atoms with E-state index < -0.39 is 5.91 Å². The Bertz CT molecular complexity index is 1270. The number of carbonyl (C=O) groups is 2. The maximum Gasteiger partial charge on any atom is 0.255 e. The number of methoxy groups -OCH3 is 1. The summed E-state index contributed by atoms with van der Waals surface area (Å²) in [7, 11) is 1.40. The number of aromatic nitrogens is 2. The fraction of sp³-hybridized carbons (Fsp3) is 0.0870. The number of primary amides is 1. The van der Waals surface area contributed by atoms with Crippen LogP contribution in [-0.4, -0.2) is 35.5 Å². The van der Waals surface area contributed by atoms with E-state index in [4.69, 9.17) is 26.8 Å². The number of hydrogen-bond acceptors (Lipinski definition) is 5. The van der Waals surface area contributed by atoms with Crippen molar-refractivity contribution in [2.75, 3.05) is 19.0 Å². The molecule has 2 amide bonds. The first-order valence-electron chi connectivity index (χ1n) is 9.60. The molecule has 162 valence electrons. The van der Waals surface area contributed by atoms with Gasteiger partial charge < -0.3 is 25.5 Å². The van der Waals surface area contributed by atoms with E-state index >= 15 is 0 Å². The zero-order valence-corrected chi connectivity index (χ0v) is 17.8. The summed E-state index contributed by atoms with van der Waals surface area (Å²) in [5.41, 5.74) is 8.68. The highest BCUT2D eigenvalue weighted by Gasteiger charge is 2.17. The van der Waals surface area contributed by atoms with Crippen molar-refractivity contribution in [2.24, 2.45) is 5.73 Å². The lowest BCUT2D eigenvalue weighted by Gasteiger charge is -2.13. The number of para-hydroxylation sites is 2. The number of rotatable bonds is 7. The fourth-order valence-electron chi connectivity index (χ4n) is 3.14. The molecule has 0 aliphatic carbocycles. The monoisotopic (exact) mass is 450 g/mol. The minimum atomic E-state index is -0.656. The van der Waals surface area contributed by atoms with Crippen LogP contribution in [0.4, 0.5) is 5.69 Å². The minimum absolute atomic E-state index is 0.121. The van der Waals surface area contributed by atoms with E-state index in [-0.39, 0.29) is 34.6 Å². The molecule has 0 saturated heterocycles. The van der Waals surface area contributed by atoms with Gasteiger partial charge in [0, 0.05) is 16.8 Å². The Balaban J connectivity index is 1.51. The van der Waals surface area contributed by atoms with E-state index in [1.54, 1.807) is 12.1 Å². The number of anilines is 1. The van der Waals surface area contributed by atoms with Crippen LogP contribution in [0.15, 0.2) is 60.7 Å². The third-order valence-electron chi connectivity index (χ3n) is 4.66. The molecule has 8 nitrogen and oxygen atoms in total. The zero-order valence-electron chi connectivity index (χ0n) is 17.0. The van der Waals surface area contributed by atoms with Crippen LogP contribution in [0.3, 0.4) is 0 Å². The smallest absolute Gasteiger partial charge is 0.255 e. The molecule has 0 fully saturated rings. The predicted molar refractivity (Wildman–Crippen MR) is 122 cm³/mol. The summed E-state index contributed by atoms with van der Waals surface area (Å²) in [4.78, 5) is 31.5. The molecule has 4 N–H and O–H groups in total. The number of halogens is 1. The number of amides is 2. The number of nitrogens with zero attached hydrogens (tertiary/aromatic N) is 1. The Labute approximate surface area is 188 Å². The average Bonchev–Trinajstić information content (AvgIpc) is 3.22. The lowest BCUT2D eigenvalue weighted by atomic mass is 10.1. The van der Waals surface area contributed by atoms with Crippen LogP contribution < -0.4 is 20.5 Å². The van der Waals surface area contributed by atoms with Crippen LogP contribution in [-0.2, 0) is 4.79 Å². The van der Waals surface area contributed by atoms with Crippen LogP contribution in [0.5, 0.6) is 11.5 Å². The quantitative estimate of drug-likeness (QED) is 0.393. The molecule has 0 saturated carbocycles. The van der Waals surface area contributed by atoms with Gasteiger partial charge in [0.15, 0.2) is 18.1 Å². The van der Waals surface area contributed by atoms with Gasteiger partial charge in [0.25, 0.3) is 11.8 Å². The summed E-state index contributed by atoms with van der Waals surface area (Å²) in [5, 5.41) is 2.93. The van der Waals surface area contributed by atoms with Crippen LogP contribution >= 0.6 is 11.6 Å². The Morgan fingerprint density at radius 1 is 1.12 bits per heavy atom. The number of ether oxygens (including phenoxy) is 2. The maximum atomic E-state index is 12.7. The van der Waals surface area contributed by atoms with Crippen molar-refractivity contribution in [3.05, 3.63) is 71.2 Å². The van der Waals surface area contributed by atoms with Crippen LogP contribution in [0.25, 0.3) is 22.4 Å². The number of imidazole rings is 1. The molecule has 0 spiro atoms. The van der Waals surface area contributed by atoms with Crippen molar-refractivity contribution < 1.29 is 19.1 Å². The molecule has 0 radical (unpaired) electrons. The molecule has 9 heteroatoms. The van der Waals surface area contributed by atoms with Crippen molar-refractivity contribution in [3.8, 4) is 22.9 Å². The molecule has 0 unspecified atom stereocenters. The topological polar surface area (TPSA) is 119 Å². The molecular weight excluding hydrogens is 432 g/mol. The minimum Gasteiger partial charge on any atom is -0.493 e. The van der Waals surface area contributed by atoms with Gasteiger partial charge >= 0.3 is 0 Å². The van der Waals surface area contributed by atoms with Gasteiger partial charge in [-0.15, -0.1) is 0 Å². The van der Waals surface area contributed by atoms with Gasteiger partial charge in [-0.25, -0.2) is 4.98 Å². The summed E-state index contributed by atoms with van der Waals surface area (Å²) in [5.74, 6) is 0.0511. The number of carbonyl (C=O) groups excluding carboxylic acids is 2. The molecule has 0 atom stereocenters. The van der Waals surface area contributed by atoms with Crippen LogP contribution in [0, 0.1) is 0 Å². The average molecular weight is 451 g/mol. The van der Waals surface area contributed by atoms with Gasteiger partial charge in [-0.1, -0.05) is 23.7 Å². The van der Waals surface area contributed by atoms with Gasteiger partial charge in [0.2, 0.25) is 0 Å². The second-order valence-electron chi connectivity index (χ2n) is 6.88. The first-order valence-corrected chi connectivity index (χ1v) is 9.97. The number of nitrogens with one attached hydrogen (secondary N) is 2. The molecule has 1 aromatic heterocycles. The number of H-pyrrole nitrogens is 1. The number of nitrogens with two attached hydrogens (primary N) is 1. The van der Waals surface area contributed by atoms with Gasteiger partial charge in [-0.2, -0.15) is 0 Å². The standard InChI is InChI=1S/C23H19ClN4O4/c1-31-19-11-14(10-16(24)21(19)32-12-20(25)29)23(30)26-15-8-6-13(7-9-15)22-27-17-4-2-3-5-18(17)28-22/h2-11H,12H2,1H3,(H2,25,29)(H,26,30)(H,27,28). The van der Waals surface area contributed by atoms with Crippen molar-refractivity contribution in [3.63, 3.8) is 0 Å². The predicted octanol–water partition coefficient (Wildman–Crippen LogP) is 4.01. The maximum absolute atomic E-state index is 12.7. The largest absolute Gasteiger partial charge is 0.493 e. The molecular formula is C23H19ClN4O4. The van der Waals surface area contributed by atoms with Crippen LogP contribution in [0.2, 0.25) is 5.02 Å². The summed E-state index contributed by atoms with van der Waals surface area (Å²) < 4.78 is 10.5. The fourth-order valence-corrected chi connectivity index (χ4v) is 3.40. The van der Waals surface area contributed by atoms with E-state index in [1.807, 2.05) is 36.4 Å². The number of benzene rings is 3. The molecule has 4 rings (SSSR count). The molecule has 0 aliphatic heterocycles. The Morgan fingerprint density at radius 3 is 2.56 bits per heavy atom. The first kappa shape index (κ1) is 21.2. The summed E-state index contributed by atoms with van der Waals surface area (Å²) in [6, 6.07) is 18.0.